The van der Waals surface area contributed by atoms with Crippen LogP contribution in [0.1, 0.15) is 34.8 Å². The van der Waals surface area contributed by atoms with Crippen LogP contribution in [0, 0.1) is 5.92 Å². The van der Waals surface area contributed by atoms with E-state index in [1.54, 1.807) is 12.3 Å². The molecule has 1 N–H and O–H groups in total. The van der Waals surface area contributed by atoms with Gasteiger partial charge in [0, 0.05) is 19.3 Å². The second-order valence-corrected chi connectivity index (χ2v) is 5.61. The summed E-state index contributed by atoms with van der Waals surface area (Å²) in [6, 6.07) is 3.51. The van der Waals surface area contributed by atoms with Crippen molar-refractivity contribution in [1.82, 2.24) is 9.88 Å². The van der Waals surface area contributed by atoms with Crippen LogP contribution < -0.4 is 0 Å². The number of piperidine rings is 1. The molecule has 0 spiro atoms. The molecule has 2 fully saturated rings. The number of carbonyl (C=O) groups excluding carboxylic acids is 1. The molecule has 6 heteroatoms. The lowest BCUT2D eigenvalue weighted by molar-refractivity contribution is -0.150. The van der Waals surface area contributed by atoms with Gasteiger partial charge in [0.15, 0.2) is 0 Å². The monoisotopic (exact) mass is 290 g/mol. The number of amides is 1. The number of carbonyl (C=O) groups is 2. The van der Waals surface area contributed by atoms with E-state index in [9.17, 15) is 9.59 Å². The first-order chi connectivity index (χ1) is 10.1. The Morgan fingerprint density at radius 1 is 1.29 bits per heavy atom. The summed E-state index contributed by atoms with van der Waals surface area (Å²) < 4.78 is 5.06. The van der Waals surface area contributed by atoms with Gasteiger partial charge in [-0.2, -0.15) is 0 Å². The smallest absolute Gasteiger partial charge is 0.354 e. The van der Waals surface area contributed by atoms with Gasteiger partial charge in [0.05, 0.1) is 19.1 Å². The third-order valence-corrected chi connectivity index (χ3v) is 4.27. The molecule has 0 atom stereocenters. The third kappa shape index (κ3) is 2.90. The Kier molecular flexibility index (Phi) is 3.88. The Labute approximate surface area is 122 Å². The molecular weight excluding hydrogens is 272 g/mol. The first kappa shape index (κ1) is 14.0. The molecule has 0 radical (unpaired) electrons. The van der Waals surface area contributed by atoms with Gasteiger partial charge in [-0.05, 0) is 36.5 Å². The maximum Gasteiger partial charge on any atom is 0.354 e. The minimum Gasteiger partial charge on any atom is -0.477 e. The van der Waals surface area contributed by atoms with Crippen molar-refractivity contribution >= 4 is 11.9 Å². The molecule has 3 rings (SSSR count). The van der Waals surface area contributed by atoms with Crippen LogP contribution in [-0.2, 0) is 9.53 Å². The second kappa shape index (κ2) is 5.81. The van der Waals surface area contributed by atoms with Crippen LogP contribution in [0.4, 0.5) is 0 Å². The van der Waals surface area contributed by atoms with Crippen molar-refractivity contribution in [2.75, 3.05) is 26.3 Å². The van der Waals surface area contributed by atoms with Crippen molar-refractivity contribution in [3.63, 3.8) is 0 Å². The molecule has 21 heavy (non-hydrogen) atoms. The largest absolute Gasteiger partial charge is 0.477 e. The maximum atomic E-state index is 12.1. The molecule has 1 amide bonds. The number of nitrogens with zero attached hydrogens (tertiary/aromatic N) is 2. The van der Waals surface area contributed by atoms with Gasteiger partial charge in [0.25, 0.3) is 0 Å². The van der Waals surface area contributed by atoms with Gasteiger partial charge in [-0.25, -0.2) is 9.78 Å². The molecule has 1 aromatic heterocycles. The van der Waals surface area contributed by atoms with Crippen molar-refractivity contribution in [2.24, 2.45) is 5.92 Å². The molecule has 0 aliphatic carbocycles. The third-order valence-electron chi connectivity index (χ3n) is 4.27. The predicted octanol–water partition coefficient (Wildman–Crippen LogP) is 1.13. The minimum atomic E-state index is -1.01. The van der Waals surface area contributed by atoms with E-state index in [-0.39, 0.29) is 17.5 Å². The number of hydrogen-bond acceptors (Lipinski definition) is 4. The summed E-state index contributed by atoms with van der Waals surface area (Å²) in [7, 11) is 0. The number of carboxylic acid groups (broad SMARTS) is 1. The average Bonchev–Trinajstić information content (AvgIpc) is 2.46. The van der Waals surface area contributed by atoms with Crippen LogP contribution in [0.3, 0.4) is 0 Å². The quantitative estimate of drug-likeness (QED) is 0.902. The highest BCUT2D eigenvalue weighted by molar-refractivity contribution is 5.85. The molecule has 0 unspecified atom stereocenters. The number of aromatic nitrogens is 1. The summed E-state index contributed by atoms with van der Waals surface area (Å²) in [5.74, 6) is -0.469. The van der Waals surface area contributed by atoms with Gasteiger partial charge < -0.3 is 14.7 Å². The Balaban J connectivity index is 1.61. The maximum absolute atomic E-state index is 12.1. The highest BCUT2D eigenvalue weighted by Gasteiger charge is 2.32. The fourth-order valence-electron chi connectivity index (χ4n) is 2.89. The molecule has 2 aliphatic rings. The van der Waals surface area contributed by atoms with Gasteiger partial charge in [0.2, 0.25) is 5.91 Å². The summed E-state index contributed by atoms with van der Waals surface area (Å²) in [6.45, 7) is 2.55. The van der Waals surface area contributed by atoms with E-state index in [2.05, 4.69) is 4.98 Å². The van der Waals surface area contributed by atoms with Crippen LogP contribution in [0.5, 0.6) is 0 Å². The number of aromatic carboxylic acids is 1. The number of carboxylic acids is 1. The van der Waals surface area contributed by atoms with Crippen LogP contribution in [-0.4, -0.2) is 53.2 Å². The van der Waals surface area contributed by atoms with Gasteiger partial charge in [0.1, 0.15) is 5.69 Å². The van der Waals surface area contributed by atoms with Gasteiger partial charge in [-0.1, -0.05) is 0 Å². The van der Waals surface area contributed by atoms with E-state index in [0.717, 1.165) is 31.5 Å². The molecule has 0 aromatic carbocycles. The molecular formula is C15H18N2O4. The molecule has 1 aromatic rings. The Morgan fingerprint density at radius 3 is 2.57 bits per heavy atom. The first-order valence-electron chi connectivity index (χ1n) is 7.21. The molecule has 6 nitrogen and oxygen atoms in total. The lowest BCUT2D eigenvalue weighted by atomic mass is 9.89. The number of ether oxygens (including phenoxy) is 1. The van der Waals surface area contributed by atoms with E-state index >= 15 is 0 Å². The fourth-order valence-corrected chi connectivity index (χ4v) is 2.89. The number of pyridine rings is 1. The van der Waals surface area contributed by atoms with Crippen molar-refractivity contribution in [3.05, 3.63) is 29.6 Å². The van der Waals surface area contributed by atoms with E-state index in [1.807, 2.05) is 11.0 Å². The van der Waals surface area contributed by atoms with Gasteiger partial charge >= 0.3 is 5.97 Å². The van der Waals surface area contributed by atoms with Crippen molar-refractivity contribution < 1.29 is 19.4 Å². The van der Waals surface area contributed by atoms with Crippen molar-refractivity contribution in [3.8, 4) is 0 Å². The summed E-state index contributed by atoms with van der Waals surface area (Å²) in [5, 5.41) is 8.99. The molecule has 2 saturated heterocycles. The van der Waals surface area contributed by atoms with Gasteiger partial charge in [-0.15, -0.1) is 0 Å². The van der Waals surface area contributed by atoms with Crippen LogP contribution >= 0.6 is 0 Å². The summed E-state index contributed by atoms with van der Waals surface area (Å²) in [5.41, 5.74) is 1.08. The molecule has 2 aliphatic heterocycles. The Bertz CT molecular complexity index is 548. The molecule has 0 saturated carbocycles. The number of hydrogen-bond donors (Lipinski definition) is 1. The lowest BCUT2D eigenvalue weighted by Gasteiger charge is -2.36. The van der Waals surface area contributed by atoms with E-state index < -0.39 is 5.97 Å². The summed E-state index contributed by atoms with van der Waals surface area (Å²) >= 11 is 0. The average molecular weight is 290 g/mol. The Morgan fingerprint density at radius 2 is 2.00 bits per heavy atom. The highest BCUT2D eigenvalue weighted by Crippen LogP contribution is 2.29. The molecule has 112 valence electrons. The zero-order chi connectivity index (χ0) is 14.8. The molecule has 3 heterocycles. The number of rotatable bonds is 3. The zero-order valence-electron chi connectivity index (χ0n) is 11.7. The van der Waals surface area contributed by atoms with Gasteiger partial charge in [-0.3, -0.25) is 4.79 Å². The number of likely N-dealkylation sites (tertiary alicyclic amines) is 1. The second-order valence-electron chi connectivity index (χ2n) is 5.61. The standard InChI is InChI=1S/C15H18N2O4/c18-14(12-8-21-9-12)17-5-2-10(3-6-17)11-1-4-16-13(7-11)15(19)20/h1,4,7,10,12H,2-3,5-6,8-9H2,(H,19,20). The normalized spacial score (nSPS) is 20.1. The SMILES string of the molecule is O=C(O)c1cc(C2CCN(C(=O)C3COC3)CC2)ccn1. The lowest BCUT2D eigenvalue weighted by Crippen LogP contribution is -2.47. The van der Waals surface area contributed by atoms with Crippen LogP contribution in [0.25, 0.3) is 0 Å². The van der Waals surface area contributed by atoms with Crippen LogP contribution in [0.15, 0.2) is 18.3 Å². The summed E-state index contributed by atoms with van der Waals surface area (Å²) in [6.07, 6.45) is 3.27. The predicted molar refractivity (Wildman–Crippen MR) is 74.1 cm³/mol. The van der Waals surface area contributed by atoms with E-state index in [0.29, 0.717) is 19.1 Å². The zero-order valence-corrected chi connectivity index (χ0v) is 11.7. The van der Waals surface area contributed by atoms with E-state index in [4.69, 9.17) is 9.84 Å². The molecule has 0 bridgehead atoms. The summed E-state index contributed by atoms with van der Waals surface area (Å²) in [4.78, 5) is 28.8. The first-order valence-corrected chi connectivity index (χ1v) is 7.21. The topological polar surface area (TPSA) is 79.7 Å². The van der Waals surface area contributed by atoms with Crippen molar-refractivity contribution in [2.45, 2.75) is 18.8 Å². The highest BCUT2D eigenvalue weighted by atomic mass is 16.5. The minimum absolute atomic E-state index is 0.0427. The Hall–Kier alpha value is -1.95. The van der Waals surface area contributed by atoms with E-state index in [1.165, 1.54) is 0 Å². The fraction of sp³-hybridized carbons (Fsp3) is 0.533. The van der Waals surface area contributed by atoms with Crippen LogP contribution in [0.2, 0.25) is 0 Å². The van der Waals surface area contributed by atoms with Crippen molar-refractivity contribution in [1.29, 1.82) is 0 Å².